The number of amides is 2. The van der Waals surface area contributed by atoms with E-state index in [2.05, 4.69) is 10.3 Å². The summed E-state index contributed by atoms with van der Waals surface area (Å²) in [6.07, 6.45) is -1.68. The summed E-state index contributed by atoms with van der Waals surface area (Å²) in [5.41, 5.74) is 0.609. The van der Waals surface area contributed by atoms with Crippen LogP contribution < -0.4 is 10.2 Å². The van der Waals surface area contributed by atoms with E-state index in [9.17, 15) is 22.8 Å². The van der Waals surface area contributed by atoms with Gasteiger partial charge in [0.05, 0.1) is 23.0 Å². The molecule has 9 heteroatoms. The van der Waals surface area contributed by atoms with Crippen LogP contribution in [0.3, 0.4) is 0 Å². The van der Waals surface area contributed by atoms with Crippen molar-refractivity contribution in [2.45, 2.75) is 33.0 Å². The molecule has 2 aromatic carbocycles. The van der Waals surface area contributed by atoms with E-state index in [1.54, 1.807) is 5.38 Å². The fourth-order valence-corrected chi connectivity index (χ4v) is 4.22. The Morgan fingerprint density at radius 3 is 2.41 bits per heavy atom. The lowest BCUT2D eigenvalue weighted by Crippen LogP contribution is -2.30. The number of nitrogens with zero attached hydrogens (tertiary/aromatic N) is 2. The molecule has 0 aliphatic rings. The fraction of sp³-hybridized carbons (Fsp3) is 0.240. The first kappa shape index (κ1) is 25.2. The average Bonchev–Trinajstić information content (AvgIpc) is 3.24. The van der Waals surface area contributed by atoms with Crippen molar-refractivity contribution in [1.29, 1.82) is 0 Å². The van der Waals surface area contributed by atoms with E-state index >= 15 is 0 Å². The molecule has 0 saturated carbocycles. The van der Waals surface area contributed by atoms with Gasteiger partial charge in [0.15, 0.2) is 5.13 Å². The Morgan fingerprint density at radius 2 is 1.79 bits per heavy atom. The molecule has 3 rings (SSSR count). The Labute approximate surface area is 199 Å². The highest BCUT2D eigenvalue weighted by Gasteiger charge is 2.31. The molecule has 3 aromatic rings. The summed E-state index contributed by atoms with van der Waals surface area (Å²) in [6.45, 7) is 5.28. The molecular weight excluding hydrogens is 463 g/mol. The Bertz CT molecular complexity index is 1170. The molecule has 1 N–H and O–H groups in total. The molecule has 34 heavy (non-hydrogen) atoms. The van der Waals surface area contributed by atoms with Gasteiger partial charge in [-0.05, 0) is 35.8 Å². The van der Waals surface area contributed by atoms with Crippen LogP contribution in [0.25, 0.3) is 6.08 Å². The van der Waals surface area contributed by atoms with Crippen LogP contribution in [0.2, 0.25) is 0 Å². The van der Waals surface area contributed by atoms with Crippen molar-refractivity contribution in [1.82, 2.24) is 10.3 Å². The summed E-state index contributed by atoms with van der Waals surface area (Å²) < 4.78 is 39.3. The number of thiazole rings is 1. The van der Waals surface area contributed by atoms with E-state index in [0.717, 1.165) is 33.9 Å². The number of carbonyl (C=O) groups excluding carboxylic acids is 2. The Hall–Kier alpha value is -3.46. The minimum absolute atomic E-state index is 0.0626. The zero-order valence-corrected chi connectivity index (χ0v) is 19.7. The van der Waals surface area contributed by atoms with E-state index in [-0.39, 0.29) is 28.7 Å². The quantitative estimate of drug-likeness (QED) is 0.394. The van der Waals surface area contributed by atoms with Gasteiger partial charge in [0.1, 0.15) is 0 Å². The lowest BCUT2D eigenvalue weighted by atomic mass is 9.96. The molecule has 0 fully saturated rings. The number of rotatable bonds is 7. The molecule has 1 atom stereocenters. The van der Waals surface area contributed by atoms with Gasteiger partial charge in [0.2, 0.25) is 11.8 Å². The SMILES string of the molecule is CC(=O)N(c1cccc(C(F)(F)F)c1)c1nc(/C=C/C(=O)NC(c2ccccc2)C(C)C)cs1. The van der Waals surface area contributed by atoms with Gasteiger partial charge < -0.3 is 5.32 Å². The van der Waals surface area contributed by atoms with Crippen LogP contribution >= 0.6 is 11.3 Å². The molecule has 0 aliphatic carbocycles. The second-order valence-corrected chi connectivity index (χ2v) is 8.77. The number of aromatic nitrogens is 1. The monoisotopic (exact) mass is 487 g/mol. The van der Waals surface area contributed by atoms with E-state index in [1.807, 2.05) is 44.2 Å². The number of halogens is 3. The van der Waals surface area contributed by atoms with Gasteiger partial charge in [-0.25, -0.2) is 4.98 Å². The topological polar surface area (TPSA) is 62.3 Å². The normalized spacial score (nSPS) is 12.7. The van der Waals surface area contributed by atoms with Gasteiger partial charge in [0, 0.05) is 18.4 Å². The number of benzene rings is 2. The van der Waals surface area contributed by atoms with Crippen LogP contribution in [0.1, 0.15) is 43.6 Å². The van der Waals surface area contributed by atoms with Gasteiger partial charge in [0.25, 0.3) is 0 Å². The summed E-state index contributed by atoms with van der Waals surface area (Å²) in [5, 5.41) is 4.81. The molecule has 0 spiro atoms. The van der Waals surface area contributed by atoms with Crippen LogP contribution in [-0.4, -0.2) is 16.8 Å². The maximum Gasteiger partial charge on any atom is 0.416 e. The van der Waals surface area contributed by atoms with Crippen LogP contribution in [0.4, 0.5) is 24.0 Å². The number of alkyl halides is 3. The molecule has 0 saturated heterocycles. The summed E-state index contributed by atoms with van der Waals surface area (Å²) in [7, 11) is 0. The third-order valence-corrected chi connectivity index (χ3v) is 5.82. The standard InChI is InChI=1S/C25H24F3N3O2S/c1-16(2)23(18-8-5-4-6-9-18)30-22(33)13-12-20-15-34-24(29-20)31(17(3)32)21-11-7-10-19(14-21)25(26,27)28/h4-16,23H,1-3H3,(H,30,33)/b13-12+. The third kappa shape index (κ3) is 6.32. The maximum atomic E-state index is 13.1. The van der Waals surface area contributed by atoms with Gasteiger partial charge >= 0.3 is 6.18 Å². The molecule has 2 amide bonds. The highest BCUT2D eigenvalue weighted by molar-refractivity contribution is 7.14. The van der Waals surface area contributed by atoms with Gasteiger partial charge in [-0.3, -0.25) is 14.5 Å². The number of anilines is 2. The van der Waals surface area contributed by atoms with Crippen molar-refractivity contribution in [3.63, 3.8) is 0 Å². The first-order valence-corrected chi connectivity index (χ1v) is 11.4. The van der Waals surface area contributed by atoms with Crippen LogP contribution in [0.15, 0.2) is 66.1 Å². The summed E-state index contributed by atoms with van der Waals surface area (Å²) in [5.74, 6) is -0.620. The van der Waals surface area contributed by atoms with Crippen LogP contribution in [0.5, 0.6) is 0 Å². The maximum absolute atomic E-state index is 13.1. The predicted molar refractivity (Wildman–Crippen MR) is 128 cm³/mol. The van der Waals surface area contributed by atoms with Crippen molar-refractivity contribution >= 4 is 40.0 Å². The molecule has 1 aromatic heterocycles. The zero-order chi connectivity index (χ0) is 24.9. The Balaban J connectivity index is 1.77. The van der Waals surface area contributed by atoms with E-state index < -0.39 is 17.6 Å². The van der Waals surface area contributed by atoms with Crippen molar-refractivity contribution in [3.8, 4) is 0 Å². The van der Waals surface area contributed by atoms with E-state index in [4.69, 9.17) is 0 Å². The molecule has 0 aliphatic heterocycles. The highest BCUT2D eigenvalue weighted by atomic mass is 32.1. The van der Waals surface area contributed by atoms with Gasteiger partial charge in [-0.15, -0.1) is 11.3 Å². The molecule has 1 unspecified atom stereocenters. The molecule has 0 radical (unpaired) electrons. The fourth-order valence-electron chi connectivity index (χ4n) is 3.36. The largest absolute Gasteiger partial charge is 0.416 e. The second-order valence-electron chi connectivity index (χ2n) is 7.93. The number of nitrogens with one attached hydrogen (secondary N) is 1. The minimum Gasteiger partial charge on any atom is -0.345 e. The lowest BCUT2D eigenvalue weighted by Gasteiger charge is -2.22. The molecule has 0 bridgehead atoms. The predicted octanol–water partition coefficient (Wildman–Crippen LogP) is 6.37. The number of carbonyl (C=O) groups is 2. The lowest BCUT2D eigenvalue weighted by molar-refractivity contribution is -0.137. The Kier molecular flexibility index (Phi) is 7.88. The number of hydrogen-bond donors (Lipinski definition) is 1. The summed E-state index contributed by atoms with van der Waals surface area (Å²) in [4.78, 5) is 30.2. The average molecular weight is 488 g/mol. The third-order valence-electron chi connectivity index (χ3n) is 4.98. The van der Waals surface area contributed by atoms with Crippen molar-refractivity contribution < 1.29 is 22.8 Å². The molecular formula is C25H24F3N3O2S. The smallest absolute Gasteiger partial charge is 0.345 e. The van der Waals surface area contributed by atoms with Crippen molar-refractivity contribution in [2.24, 2.45) is 5.92 Å². The van der Waals surface area contributed by atoms with Crippen LogP contribution in [0, 0.1) is 5.92 Å². The molecule has 5 nitrogen and oxygen atoms in total. The molecule has 178 valence electrons. The summed E-state index contributed by atoms with van der Waals surface area (Å²) >= 11 is 1.09. The van der Waals surface area contributed by atoms with Crippen molar-refractivity contribution in [3.05, 3.63) is 82.9 Å². The van der Waals surface area contributed by atoms with Crippen molar-refractivity contribution in [2.75, 3.05) is 4.90 Å². The van der Waals surface area contributed by atoms with E-state index in [1.165, 1.54) is 31.2 Å². The van der Waals surface area contributed by atoms with E-state index in [0.29, 0.717) is 5.69 Å². The highest BCUT2D eigenvalue weighted by Crippen LogP contribution is 2.35. The minimum atomic E-state index is -4.53. The Morgan fingerprint density at radius 1 is 1.09 bits per heavy atom. The second kappa shape index (κ2) is 10.6. The first-order valence-electron chi connectivity index (χ1n) is 10.5. The zero-order valence-electron chi connectivity index (χ0n) is 18.8. The van der Waals surface area contributed by atoms with Gasteiger partial charge in [-0.2, -0.15) is 13.2 Å². The number of hydrogen-bond acceptors (Lipinski definition) is 4. The van der Waals surface area contributed by atoms with Gasteiger partial charge in [-0.1, -0.05) is 50.2 Å². The first-order chi connectivity index (χ1) is 16.1. The molecule has 1 heterocycles. The van der Waals surface area contributed by atoms with Crippen LogP contribution in [-0.2, 0) is 15.8 Å². The summed E-state index contributed by atoms with van der Waals surface area (Å²) in [6, 6.07) is 14.0.